The first-order valence-corrected chi connectivity index (χ1v) is 8.46. The lowest BCUT2D eigenvalue weighted by Gasteiger charge is -2.30. The van der Waals surface area contributed by atoms with Gasteiger partial charge in [0, 0.05) is 18.2 Å². The molecule has 0 heterocycles. The summed E-state index contributed by atoms with van der Waals surface area (Å²) < 4.78 is 21.5. The van der Waals surface area contributed by atoms with Crippen molar-refractivity contribution in [1.29, 1.82) is 0 Å². The van der Waals surface area contributed by atoms with Gasteiger partial charge < -0.3 is 18.9 Å². The summed E-state index contributed by atoms with van der Waals surface area (Å²) in [6.07, 6.45) is -0.356. The zero-order valence-corrected chi connectivity index (χ0v) is 17.0. The van der Waals surface area contributed by atoms with Crippen LogP contribution in [0.5, 0.6) is 5.75 Å². The SMILES string of the molecule is COC(=O)c1cc(C(C)(C)C)c(OCOC(C)OC)c(C(C)(C)C)c1. The lowest BCUT2D eigenvalue weighted by molar-refractivity contribution is -0.150. The van der Waals surface area contributed by atoms with Gasteiger partial charge in [-0.2, -0.15) is 0 Å². The van der Waals surface area contributed by atoms with E-state index in [1.54, 1.807) is 14.0 Å². The van der Waals surface area contributed by atoms with Gasteiger partial charge in [0.05, 0.1) is 12.7 Å². The largest absolute Gasteiger partial charge is 0.467 e. The van der Waals surface area contributed by atoms with Crippen molar-refractivity contribution in [2.45, 2.75) is 65.6 Å². The fourth-order valence-corrected chi connectivity index (χ4v) is 2.39. The molecule has 0 aliphatic heterocycles. The highest BCUT2D eigenvalue weighted by Crippen LogP contribution is 2.41. The van der Waals surface area contributed by atoms with E-state index in [2.05, 4.69) is 41.5 Å². The molecule has 1 aromatic carbocycles. The van der Waals surface area contributed by atoms with Gasteiger partial charge in [0.25, 0.3) is 0 Å². The predicted molar refractivity (Wildman–Crippen MR) is 98.2 cm³/mol. The maximum absolute atomic E-state index is 12.1. The molecule has 0 saturated heterocycles. The second kappa shape index (κ2) is 8.19. The molecule has 25 heavy (non-hydrogen) atoms. The Morgan fingerprint density at radius 3 is 1.84 bits per heavy atom. The molecule has 0 saturated carbocycles. The second-order valence-corrected chi connectivity index (χ2v) is 8.12. The summed E-state index contributed by atoms with van der Waals surface area (Å²) in [5.41, 5.74) is 1.97. The van der Waals surface area contributed by atoms with Crippen molar-refractivity contribution >= 4 is 5.97 Å². The van der Waals surface area contributed by atoms with E-state index < -0.39 is 0 Å². The Hall–Kier alpha value is -1.59. The summed E-state index contributed by atoms with van der Waals surface area (Å²) in [4.78, 5) is 12.1. The third kappa shape index (κ3) is 5.72. The van der Waals surface area contributed by atoms with E-state index in [0.717, 1.165) is 16.9 Å². The number of hydrogen-bond donors (Lipinski definition) is 0. The quantitative estimate of drug-likeness (QED) is 0.560. The van der Waals surface area contributed by atoms with E-state index in [1.165, 1.54) is 7.11 Å². The normalized spacial score (nSPS) is 13.5. The monoisotopic (exact) mass is 352 g/mol. The number of hydrogen-bond acceptors (Lipinski definition) is 5. The van der Waals surface area contributed by atoms with Crippen LogP contribution >= 0.6 is 0 Å². The summed E-state index contributed by atoms with van der Waals surface area (Å²) in [5.74, 6) is 0.391. The minimum absolute atomic E-state index is 0.0682. The predicted octanol–water partition coefficient (Wildman–Crippen LogP) is 4.41. The molecule has 5 nitrogen and oxygen atoms in total. The summed E-state index contributed by atoms with van der Waals surface area (Å²) >= 11 is 0. The number of benzene rings is 1. The minimum Gasteiger partial charge on any atom is -0.467 e. The zero-order chi connectivity index (χ0) is 19.4. The molecule has 142 valence electrons. The summed E-state index contributed by atoms with van der Waals surface area (Å²) in [5, 5.41) is 0. The maximum Gasteiger partial charge on any atom is 0.337 e. The topological polar surface area (TPSA) is 54.0 Å². The Balaban J connectivity index is 3.45. The molecule has 0 fully saturated rings. The average Bonchev–Trinajstić information content (AvgIpc) is 2.51. The number of esters is 1. The van der Waals surface area contributed by atoms with Gasteiger partial charge in [-0.05, 0) is 29.9 Å². The van der Waals surface area contributed by atoms with Crippen LogP contribution in [0, 0.1) is 0 Å². The van der Waals surface area contributed by atoms with Crippen LogP contribution in [0.2, 0.25) is 0 Å². The van der Waals surface area contributed by atoms with E-state index >= 15 is 0 Å². The molecular weight excluding hydrogens is 320 g/mol. The average molecular weight is 352 g/mol. The van der Waals surface area contributed by atoms with Crippen LogP contribution in [0.15, 0.2) is 12.1 Å². The Morgan fingerprint density at radius 2 is 1.48 bits per heavy atom. The van der Waals surface area contributed by atoms with Gasteiger partial charge in [0.15, 0.2) is 13.1 Å². The van der Waals surface area contributed by atoms with Crippen molar-refractivity contribution in [2.75, 3.05) is 21.0 Å². The smallest absolute Gasteiger partial charge is 0.337 e. The number of rotatable bonds is 6. The van der Waals surface area contributed by atoms with Crippen LogP contribution < -0.4 is 4.74 Å². The Kier molecular flexibility index (Phi) is 7.03. The first kappa shape index (κ1) is 21.5. The number of carbonyl (C=O) groups excluding carboxylic acids is 1. The molecule has 5 heteroatoms. The molecule has 1 atom stereocenters. The van der Waals surface area contributed by atoms with Crippen molar-refractivity contribution < 1.29 is 23.7 Å². The van der Waals surface area contributed by atoms with Crippen molar-refractivity contribution in [3.8, 4) is 5.75 Å². The van der Waals surface area contributed by atoms with E-state index in [4.69, 9.17) is 18.9 Å². The Labute approximate surface area is 151 Å². The summed E-state index contributed by atoms with van der Waals surface area (Å²) in [6, 6.07) is 3.69. The van der Waals surface area contributed by atoms with Crippen molar-refractivity contribution in [3.63, 3.8) is 0 Å². The van der Waals surface area contributed by atoms with Gasteiger partial charge in [-0.3, -0.25) is 0 Å². The molecule has 0 aromatic heterocycles. The molecule has 0 amide bonds. The summed E-state index contributed by atoms with van der Waals surface area (Å²) in [6.45, 7) is 14.4. The molecule has 0 aliphatic rings. The van der Waals surface area contributed by atoms with Crippen LogP contribution in [-0.2, 0) is 25.0 Å². The van der Waals surface area contributed by atoms with Gasteiger partial charge in [-0.25, -0.2) is 4.79 Å². The van der Waals surface area contributed by atoms with Gasteiger partial charge >= 0.3 is 5.97 Å². The molecular formula is C20H32O5. The van der Waals surface area contributed by atoms with E-state index in [-0.39, 0.29) is 29.9 Å². The van der Waals surface area contributed by atoms with Crippen molar-refractivity contribution in [2.24, 2.45) is 0 Å². The molecule has 0 radical (unpaired) electrons. The lowest BCUT2D eigenvalue weighted by Crippen LogP contribution is -2.23. The number of carbonyl (C=O) groups is 1. The highest BCUT2D eigenvalue weighted by molar-refractivity contribution is 5.90. The van der Waals surface area contributed by atoms with Crippen LogP contribution in [0.3, 0.4) is 0 Å². The van der Waals surface area contributed by atoms with Gasteiger partial charge in [-0.15, -0.1) is 0 Å². The first-order valence-electron chi connectivity index (χ1n) is 8.46. The molecule has 1 rings (SSSR count). The fourth-order valence-electron chi connectivity index (χ4n) is 2.39. The third-order valence-corrected chi connectivity index (χ3v) is 3.96. The fraction of sp³-hybridized carbons (Fsp3) is 0.650. The lowest BCUT2D eigenvalue weighted by atomic mass is 9.78. The molecule has 0 N–H and O–H groups in total. The minimum atomic E-state index is -0.356. The van der Waals surface area contributed by atoms with Crippen LogP contribution in [0.1, 0.15) is 70.0 Å². The highest BCUT2D eigenvalue weighted by Gasteiger charge is 2.29. The van der Waals surface area contributed by atoms with Crippen LogP contribution in [0.4, 0.5) is 0 Å². The molecule has 1 aromatic rings. The molecule has 0 spiro atoms. The standard InChI is InChI=1S/C20H32O5/c1-13(22-8)24-12-25-17-15(19(2,3)4)10-14(18(21)23-9)11-16(17)20(5,6)7/h10-11,13H,12H2,1-9H3. The first-order chi connectivity index (χ1) is 11.4. The van der Waals surface area contributed by atoms with Gasteiger partial charge in [-0.1, -0.05) is 41.5 Å². The van der Waals surface area contributed by atoms with Crippen molar-refractivity contribution in [3.05, 3.63) is 28.8 Å². The Bertz CT molecular complexity index is 558. The Morgan fingerprint density at radius 1 is 1.00 bits per heavy atom. The molecule has 0 aliphatic carbocycles. The van der Waals surface area contributed by atoms with E-state index in [1.807, 2.05) is 12.1 Å². The van der Waals surface area contributed by atoms with Crippen LogP contribution in [-0.4, -0.2) is 33.3 Å². The maximum atomic E-state index is 12.1. The molecule has 0 bridgehead atoms. The van der Waals surface area contributed by atoms with Crippen molar-refractivity contribution in [1.82, 2.24) is 0 Å². The number of ether oxygens (including phenoxy) is 4. The van der Waals surface area contributed by atoms with Gasteiger partial charge in [0.1, 0.15) is 5.75 Å². The van der Waals surface area contributed by atoms with E-state index in [9.17, 15) is 4.79 Å². The number of methoxy groups -OCH3 is 2. The molecule has 1 unspecified atom stereocenters. The zero-order valence-electron chi connectivity index (χ0n) is 17.0. The third-order valence-electron chi connectivity index (χ3n) is 3.96. The van der Waals surface area contributed by atoms with Gasteiger partial charge in [0.2, 0.25) is 0 Å². The second-order valence-electron chi connectivity index (χ2n) is 8.12. The van der Waals surface area contributed by atoms with Crippen LogP contribution in [0.25, 0.3) is 0 Å². The highest BCUT2D eigenvalue weighted by atomic mass is 16.7. The van der Waals surface area contributed by atoms with E-state index in [0.29, 0.717) is 5.56 Å². The summed E-state index contributed by atoms with van der Waals surface area (Å²) in [7, 11) is 2.97.